The molecule has 2 aromatic carbocycles. The van der Waals surface area contributed by atoms with Gasteiger partial charge in [0.1, 0.15) is 5.75 Å². The summed E-state index contributed by atoms with van der Waals surface area (Å²) in [5.74, 6) is 0.657. The summed E-state index contributed by atoms with van der Waals surface area (Å²) < 4.78 is 46.8. The molecule has 2 aliphatic rings. The minimum atomic E-state index is -4.26. The van der Waals surface area contributed by atoms with Crippen molar-refractivity contribution in [2.75, 3.05) is 13.7 Å². The zero-order valence-corrected chi connectivity index (χ0v) is 16.8. The maximum Gasteiger partial charge on any atom is 0.398 e. The Kier molecular flexibility index (Phi) is 5.34. The summed E-state index contributed by atoms with van der Waals surface area (Å²) in [6.07, 6.45) is -2.77. The molecular weight excluding hydrogens is 377 g/mol. The lowest BCUT2D eigenvalue weighted by Gasteiger charge is -2.29. The van der Waals surface area contributed by atoms with Crippen LogP contribution >= 0.6 is 0 Å². The third kappa shape index (κ3) is 3.64. The van der Waals surface area contributed by atoms with Gasteiger partial charge in [-0.3, -0.25) is 0 Å². The van der Waals surface area contributed by atoms with E-state index < -0.39 is 11.6 Å². The van der Waals surface area contributed by atoms with Crippen LogP contribution in [0.2, 0.25) is 0 Å². The Morgan fingerprint density at radius 3 is 2.66 bits per heavy atom. The third-order valence-electron chi connectivity index (χ3n) is 6.56. The molecule has 0 radical (unpaired) electrons. The summed E-state index contributed by atoms with van der Waals surface area (Å²) >= 11 is 0. The van der Waals surface area contributed by atoms with Crippen LogP contribution in [0.3, 0.4) is 0 Å². The lowest BCUT2D eigenvalue weighted by atomic mass is 9.82. The first kappa shape index (κ1) is 20.2. The molecule has 4 rings (SSSR count). The van der Waals surface area contributed by atoms with Gasteiger partial charge in [-0.1, -0.05) is 30.3 Å². The van der Waals surface area contributed by atoms with E-state index in [-0.39, 0.29) is 18.5 Å². The molecule has 0 bridgehead atoms. The molecule has 0 saturated carbocycles. The summed E-state index contributed by atoms with van der Waals surface area (Å²) in [6.45, 7) is 2.69. The summed E-state index contributed by atoms with van der Waals surface area (Å²) in [6, 6.07) is 14.1. The van der Waals surface area contributed by atoms with Gasteiger partial charge in [0.25, 0.3) is 0 Å². The molecule has 2 aromatic rings. The number of fused-ring (bicyclic) bond motifs is 1. The zero-order valence-electron chi connectivity index (χ0n) is 16.8. The smallest absolute Gasteiger partial charge is 0.398 e. The Morgan fingerprint density at radius 1 is 1.21 bits per heavy atom. The van der Waals surface area contributed by atoms with E-state index in [0.29, 0.717) is 24.3 Å². The maximum absolute atomic E-state index is 13.8. The Bertz CT molecular complexity index is 868. The molecule has 3 atom stereocenters. The van der Waals surface area contributed by atoms with Crippen molar-refractivity contribution >= 4 is 0 Å². The number of aryl methyl sites for hydroxylation is 1. The van der Waals surface area contributed by atoms with Crippen LogP contribution in [0.4, 0.5) is 13.2 Å². The van der Waals surface area contributed by atoms with Gasteiger partial charge in [0.05, 0.1) is 12.5 Å². The second-order valence-corrected chi connectivity index (χ2v) is 8.27. The molecule has 29 heavy (non-hydrogen) atoms. The zero-order chi connectivity index (χ0) is 20.6. The van der Waals surface area contributed by atoms with E-state index in [4.69, 9.17) is 4.74 Å². The Morgan fingerprint density at radius 2 is 1.97 bits per heavy atom. The highest BCUT2D eigenvalue weighted by molar-refractivity contribution is 5.49. The van der Waals surface area contributed by atoms with Crippen molar-refractivity contribution in [2.45, 2.75) is 56.4 Å². The van der Waals surface area contributed by atoms with E-state index in [2.05, 4.69) is 22.8 Å². The molecule has 0 amide bonds. The first-order valence-electron chi connectivity index (χ1n) is 10.1. The summed E-state index contributed by atoms with van der Waals surface area (Å²) in [5.41, 5.74) is 1.35. The molecule has 156 valence electrons. The largest absolute Gasteiger partial charge is 0.496 e. The van der Waals surface area contributed by atoms with Crippen LogP contribution in [0.15, 0.2) is 42.5 Å². The van der Waals surface area contributed by atoms with Crippen molar-refractivity contribution in [3.63, 3.8) is 0 Å². The van der Waals surface area contributed by atoms with Crippen LogP contribution in [0.1, 0.15) is 48.1 Å². The van der Waals surface area contributed by atoms with E-state index in [1.54, 1.807) is 19.2 Å². The SMILES string of the molecule is COc1cc2c(cc1CNC1CCNC1c1ccccc1)C(C)(C(F)(F)F)CC2. The molecule has 1 saturated heterocycles. The number of ether oxygens (including phenoxy) is 1. The number of methoxy groups -OCH3 is 1. The normalized spacial score (nSPS) is 26.5. The summed E-state index contributed by atoms with van der Waals surface area (Å²) in [5, 5.41) is 7.07. The fourth-order valence-electron chi connectivity index (χ4n) is 4.70. The van der Waals surface area contributed by atoms with Crippen molar-refractivity contribution in [2.24, 2.45) is 0 Å². The standard InChI is InChI=1S/C23H27F3N2O/c1-22(23(24,25)26)10-8-16-13-20(29-2)17(12-18(16)22)14-28-19-9-11-27-21(19)15-6-4-3-5-7-15/h3-7,12-13,19,21,27-28H,8-11,14H2,1-2H3. The Balaban J connectivity index is 1.57. The van der Waals surface area contributed by atoms with E-state index >= 15 is 0 Å². The predicted octanol–water partition coefficient (Wildman–Crippen LogP) is 4.65. The van der Waals surface area contributed by atoms with Gasteiger partial charge in [0, 0.05) is 24.2 Å². The van der Waals surface area contributed by atoms with E-state index in [9.17, 15) is 13.2 Å². The van der Waals surface area contributed by atoms with Gasteiger partial charge in [0.15, 0.2) is 0 Å². The number of halogens is 3. The van der Waals surface area contributed by atoms with Gasteiger partial charge in [-0.25, -0.2) is 0 Å². The van der Waals surface area contributed by atoms with Crippen molar-refractivity contribution in [1.82, 2.24) is 10.6 Å². The molecule has 2 N–H and O–H groups in total. The number of hydrogen-bond donors (Lipinski definition) is 2. The molecule has 1 fully saturated rings. The highest BCUT2D eigenvalue weighted by Gasteiger charge is 2.55. The van der Waals surface area contributed by atoms with Crippen LogP contribution in [0.25, 0.3) is 0 Å². The van der Waals surface area contributed by atoms with Crippen LogP contribution in [0.5, 0.6) is 5.75 Å². The second kappa shape index (κ2) is 7.65. The van der Waals surface area contributed by atoms with Gasteiger partial charge in [0.2, 0.25) is 0 Å². The Hall–Kier alpha value is -2.05. The molecule has 0 spiro atoms. The Labute approximate surface area is 169 Å². The molecule has 0 aromatic heterocycles. The molecular formula is C23H27F3N2O. The van der Waals surface area contributed by atoms with Crippen molar-refractivity contribution in [3.8, 4) is 5.75 Å². The summed E-state index contributed by atoms with van der Waals surface area (Å²) in [7, 11) is 1.58. The lowest BCUT2D eigenvalue weighted by molar-refractivity contribution is -0.184. The fraction of sp³-hybridized carbons (Fsp3) is 0.478. The quantitative estimate of drug-likeness (QED) is 0.761. The highest BCUT2D eigenvalue weighted by Crippen LogP contribution is 2.50. The van der Waals surface area contributed by atoms with E-state index in [0.717, 1.165) is 24.1 Å². The number of alkyl halides is 3. The van der Waals surface area contributed by atoms with Gasteiger partial charge in [-0.15, -0.1) is 0 Å². The number of hydrogen-bond acceptors (Lipinski definition) is 3. The van der Waals surface area contributed by atoms with Gasteiger partial charge in [-0.05, 0) is 61.6 Å². The average Bonchev–Trinajstić information content (AvgIpc) is 3.31. The fourth-order valence-corrected chi connectivity index (χ4v) is 4.70. The monoisotopic (exact) mass is 404 g/mol. The molecule has 3 nitrogen and oxygen atoms in total. The topological polar surface area (TPSA) is 33.3 Å². The average molecular weight is 404 g/mol. The molecule has 1 aliphatic heterocycles. The van der Waals surface area contributed by atoms with Crippen LogP contribution in [-0.4, -0.2) is 25.9 Å². The molecule has 1 aliphatic carbocycles. The number of nitrogens with one attached hydrogen (secondary N) is 2. The summed E-state index contributed by atoms with van der Waals surface area (Å²) in [4.78, 5) is 0. The van der Waals surface area contributed by atoms with Crippen LogP contribution in [0, 0.1) is 0 Å². The van der Waals surface area contributed by atoms with E-state index in [1.807, 2.05) is 18.2 Å². The van der Waals surface area contributed by atoms with Gasteiger partial charge >= 0.3 is 6.18 Å². The molecule has 3 unspecified atom stereocenters. The molecule has 1 heterocycles. The van der Waals surface area contributed by atoms with Crippen molar-refractivity contribution in [3.05, 3.63) is 64.7 Å². The highest BCUT2D eigenvalue weighted by atomic mass is 19.4. The van der Waals surface area contributed by atoms with Crippen molar-refractivity contribution in [1.29, 1.82) is 0 Å². The van der Waals surface area contributed by atoms with Crippen LogP contribution in [-0.2, 0) is 18.4 Å². The predicted molar refractivity (Wildman–Crippen MR) is 107 cm³/mol. The second-order valence-electron chi connectivity index (χ2n) is 8.27. The minimum Gasteiger partial charge on any atom is -0.496 e. The van der Waals surface area contributed by atoms with Gasteiger partial charge in [-0.2, -0.15) is 13.2 Å². The first-order chi connectivity index (χ1) is 13.8. The third-order valence-corrected chi connectivity index (χ3v) is 6.56. The van der Waals surface area contributed by atoms with Crippen LogP contribution < -0.4 is 15.4 Å². The maximum atomic E-state index is 13.8. The van der Waals surface area contributed by atoms with Gasteiger partial charge < -0.3 is 15.4 Å². The number of rotatable bonds is 5. The van der Waals surface area contributed by atoms with Crippen molar-refractivity contribution < 1.29 is 17.9 Å². The lowest BCUT2D eigenvalue weighted by Crippen LogP contribution is -2.37. The molecule has 6 heteroatoms. The van der Waals surface area contributed by atoms with E-state index in [1.165, 1.54) is 12.5 Å². The minimum absolute atomic E-state index is 0.0918. The number of benzene rings is 2. The first-order valence-corrected chi connectivity index (χ1v) is 10.1.